The first-order valence-corrected chi connectivity index (χ1v) is 9.16. The smallest absolute Gasteiger partial charge is 0.191 e. The fourth-order valence-corrected chi connectivity index (χ4v) is 3.72. The molecule has 1 aliphatic rings. The van der Waals surface area contributed by atoms with Crippen LogP contribution in [0.1, 0.15) is 31.9 Å². The molecule has 1 saturated heterocycles. The molecule has 0 aliphatic carbocycles. The molecule has 6 heteroatoms. The van der Waals surface area contributed by atoms with Gasteiger partial charge in [-0.25, -0.2) is 0 Å². The summed E-state index contributed by atoms with van der Waals surface area (Å²) in [6.07, 6.45) is 0.813. The zero-order valence-electron chi connectivity index (χ0n) is 13.1. The normalized spacial score (nSPS) is 23.4. The van der Waals surface area contributed by atoms with Crippen LogP contribution in [0.4, 0.5) is 0 Å². The van der Waals surface area contributed by atoms with Gasteiger partial charge in [0.15, 0.2) is 5.96 Å². The fourth-order valence-electron chi connectivity index (χ4n) is 2.31. The van der Waals surface area contributed by atoms with E-state index >= 15 is 0 Å². The van der Waals surface area contributed by atoms with Crippen LogP contribution >= 0.6 is 23.4 Å². The van der Waals surface area contributed by atoms with Crippen LogP contribution in [-0.4, -0.2) is 41.3 Å². The predicted molar refractivity (Wildman–Crippen MR) is 95.9 cm³/mol. The Labute approximate surface area is 141 Å². The summed E-state index contributed by atoms with van der Waals surface area (Å²) in [4.78, 5) is 4.56. The summed E-state index contributed by atoms with van der Waals surface area (Å²) < 4.78 is 0. The summed E-state index contributed by atoms with van der Waals surface area (Å²) in [5.41, 5.74) is 0.487. The Kier molecular flexibility index (Phi) is 6.41. The Morgan fingerprint density at radius 3 is 2.77 bits per heavy atom. The van der Waals surface area contributed by atoms with Gasteiger partial charge in [0.05, 0.1) is 18.2 Å². The molecule has 22 heavy (non-hydrogen) atoms. The molecule has 2 unspecified atom stereocenters. The Bertz CT molecular complexity index is 501. The van der Waals surface area contributed by atoms with Gasteiger partial charge in [0.1, 0.15) is 0 Å². The fraction of sp³-hybridized carbons (Fsp3) is 0.562. The second-order valence-electron chi connectivity index (χ2n) is 5.64. The lowest BCUT2D eigenvalue weighted by atomic mass is 10.0. The van der Waals surface area contributed by atoms with Crippen LogP contribution in [0.3, 0.4) is 0 Å². The number of aliphatic imine (C=N–C) groups is 1. The molecular weight excluding hydrogens is 318 g/mol. The van der Waals surface area contributed by atoms with E-state index in [1.807, 2.05) is 31.2 Å². The number of thioether (sulfide) groups is 1. The van der Waals surface area contributed by atoms with E-state index in [4.69, 9.17) is 11.6 Å². The number of aliphatic hydroxyl groups is 1. The van der Waals surface area contributed by atoms with Crippen molar-refractivity contribution in [1.82, 2.24) is 10.6 Å². The molecule has 1 aromatic rings. The topological polar surface area (TPSA) is 56.7 Å². The van der Waals surface area contributed by atoms with Gasteiger partial charge < -0.3 is 15.7 Å². The second-order valence-corrected chi connectivity index (χ2v) is 7.18. The zero-order chi connectivity index (χ0) is 16.0. The quantitative estimate of drug-likeness (QED) is 0.569. The largest absolute Gasteiger partial charge is 0.387 e. The maximum absolute atomic E-state index is 10.4. The molecule has 0 aromatic heterocycles. The van der Waals surface area contributed by atoms with E-state index in [0.717, 1.165) is 41.0 Å². The molecular formula is C16H24ClN3OS. The van der Waals surface area contributed by atoms with Crippen LogP contribution in [0, 0.1) is 0 Å². The number of rotatable bonds is 5. The first kappa shape index (κ1) is 17.4. The Morgan fingerprint density at radius 1 is 1.45 bits per heavy atom. The van der Waals surface area contributed by atoms with Crippen molar-refractivity contribution in [3.05, 3.63) is 34.9 Å². The summed E-state index contributed by atoms with van der Waals surface area (Å²) in [6.45, 7) is 5.33. The van der Waals surface area contributed by atoms with Crippen molar-refractivity contribution in [3.8, 4) is 0 Å². The molecule has 2 rings (SSSR count). The van der Waals surface area contributed by atoms with Crippen LogP contribution in [0.15, 0.2) is 29.3 Å². The van der Waals surface area contributed by atoms with Gasteiger partial charge in [-0.1, -0.05) is 23.7 Å². The zero-order valence-corrected chi connectivity index (χ0v) is 14.7. The summed E-state index contributed by atoms with van der Waals surface area (Å²) in [7, 11) is 0. The number of hydrogen-bond acceptors (Lipinski definition) is 3. The molecule has 0 radical (unpaired) electrons. The van der Waals surface area contributed by atoms with E-state index in [1.165, 1.54) is 0 Å². The van der Waals surface area contributed by atoms with E-state index in [1.54, 1.807) is 11.8 Å². The van der Waals surface area contributed by atoms with E-state index < -0.39 is 5.60 Å². The first-order chi connectivity index (χ1) is 10.5. The van der Waals surface area contributed by atoms with E-state index in [-0.39, 0.29) is 6.04 Å². The first-order valence-electron chi connectivity index (χ1n) is 7.63. The van der Waals surface area contributed by atoms with Crippen molar-refractivity contribution in [3.63, 3.8) is 0 Å². The molecule has 3 N–H and O–H groups in total. The molecule has 0 saturated carbocycles. The minimum absolute atomic E-state index is 0.114. The molecule has 1 aliphatic heterocycles. The highest BCUT2D eigenvalue weighted by atomic mass is 35.5. The summed E-state index contributed by atoms with van der Waals surface area (Å²) in [5, 5.41) is 17.7. The number of benzene rings is 1. The van der Waals surface area contributed by atoms with Gasteiger partial charge in [-0.15, -0.1) is 0 Å². The van der Waals surface area contributed by atoms with Crippen molar-refractivity contribution in [2.45, 2.75) is 31.9 Å². The molecule has 0 bridgehead atoms. The highest BCUT2D eigenvalue weighted by Gasteiger charge is 2.31. The molecule has 2 atom stereocenters. The van der Waals surface area contributed by atoms with Crippen LogP contribution in [0.2, 0.25) is 5.02 Å². The van der Waals surface area contributed by atoms with Crippen molar-refractivity contribution < 1.29 is 5.11 Å². The third-order valence-electron chi connectivity index (χ3n) is 3.68. The molecule has 4 nitrogen and oxygen atoms in total. The minimum Gasteiger partial charge on any atom is -0.387 e. The average molecular weight is 342 g/mol. The molecule has 122 valence electrons. The van der Waals surface area contributed by atoms with Crippen LogP contribution in [0.25, 0.3) is 0 Å². The predicted octanol–water partition coefficient (Wildman–Crippen LogP) is 2.82. The number of nitrogens with one attached hydrogen (secondary N) is 2. The van der Waals surface area contributed by atoms with Crippen molar-refractivity contribution in [2.75, 3.05) is 24.6 Å². The Balaban J connectivity index is 1.99. The van der Waals surface area contributed by atoms with Crippen molar-refractivity contribution in [2.24, 2.45) is 4.99 Å². The highest BCUT2D eigenvalue weighted by molar-refractivity contribution is 7.99. The van der Waals surface area contributed by atoms with Crippen molar-refractivity contribution >= 4 is 29.3 Å². The van der Waals surface area contributed by atoms with Gasteiger partial charge in [-0.2, -0.15) is 11.8 Å². The lowest BCUT2D eigenvalue weighted by Crippen LogP contribution is -2.41. The standard InChI is InChI=1S/C16H24ClN3OS/c1-3-18-15(19-10-16(21)8-9-22-11-16)20-12(2)13-4-6-14(17)7-5-13/h4-7,12,21H,3,8-11H2,1-2H3,(H2,18,19,20). The van der Waals surface area contributed by atoms with Crippen LogP contribution in [-0.2, 0) is 0 Å². The summed E-state index contributed by atoms with van der Waals surface area (Å²) >= 11 is 7.71. The Hall–Kier alpha value is -0.910. The van der Waals surface area contributed by atoms with Crippen LogP contribution in [0.5, 0.6) is 0 Å². The molecule has 1 fully saturated rings. The lowest BCUT2D eigenvalue weighted by molar-refractivity contribution is 0.0778. The molecule has 0 amide bonds. The van der Waals surface area contributed by atoms with Gasteiger partial charge in [-0.3, -0.25) is 4.99 Å². The summed E-state index contributed by atoms with van der Waals surface area (Å²) in [6, 6.07) is 7.90. The highest BCUT2D eigenvalue weighted by Crippen LogP contribution is 2.27. The van der Waals surface area contributed by atoms with Gasteiger partial charge in [0.2, 0.25) is 0 Å². The number of nitrogens with zero attached hydrogens (tertiary/aromatic N) is 1. The van der Waals surface area contributed by atoms with Gasteiger partial charge >= 0.3 is 0 Å². The van der Waals surface area contributed by atoms with Crippen LogP contribution < -0.4 is 10.6 Å². The van der Waals surface area contributed by atoms with E-state index in [0.29, 0.717) is 6.54 Å². The van der Waals surface area contributed by atoms with Crippen molar-refractivity contribution in [1.29, 1.82) is 0 Å². The average Bonchev–Trinajstić information content (AvgIpc) is 2.93. The summed E-state index contributed by atoms with van der Waals surface area (Å²) in [5.74, 6) is 2.51. The second kappa shape index (κ2) is 8.09. The van der Waals surface area contributed by atoms with E-state index in [9.17, 15) is 5.11 Å². The third-order valence-corrected chi connectivity index (χ3v) is 5.17. The molecule has 1 heterocycles. The van der Waals surface area contributed by atoms with Gasteiger partial charge in [-0.05, 0) is 43.7 Å². The number of guanidine groups is 1. The number of halogens is 1. The minimum atomic E-state index is -0.656. The maximum atomic E-state index is 10.4. The third kappa shape index (κ3) is 5.07. The lowest BCUT2D eigenvalue weighted by Gasteiger charge is -2.22. The maximum Gasteiger partial charge on any atom is 0.191 e. The molecule has 0 spiro atoms. The number of hydrogen-bond donors (Lipinski definition) is 3. The monoisotopic (exact) mass is 341 g/mol. The van der Waals surface area contributed by atoms with Gasteiger partial charge in [0.25, 0.3) is 0 Å². The van der Waals surface area contributed by atoms with E-state index in [2.05, 4.69) is 22.5 Å². The SMILES string of the molecule is CCNC(=NCC1(O)CCSC1)NC(C)c1ccc(Cl)cc1. The Morgan fingerprint density at radius 2 is 2.18 bits per heavy atom. The van der Waals surface area contributed by atoms with Gasteiger partial charge in [0, 0.05) is 17.3 Å². The molecule has 1 aromatic carbocycles.